The van der Waals surface area contributed by atoms with Gasteiger partial charge in [-0.25, -0.2) is 4.98 Å². The first-order valence-corrected chi connectivity index (χ1v) is 12.2. The van der Waals surface area contributed by atoms with Crippen molar-refractivity contribution in [2.45, 2.75) is 26.2 Å². The summed E-state index contributed by atoms with van der Waals surface area (Å²) >= 11 is 1.50. The molecule has 35 heavy (non-hydrogen) atoms. The van der Waals surface area contributed by atoms with Crippen molar-refractivity contribution in [2.75, 3.05) is 25.6 Å². The fourth-order valence-corrected chi connectivity index (χ4v) is 5.41. The average molecular weight is 491 g/mol. The zero-order chi connectivity index (χ0) is 24.5. The number of para-hydroxylation sites is 1. The number of hydrogen-bond donors (Lipinski definition) is 1. The monoisotopic (exact) mass is 490 g/mol. The summed E-state index contributed by atoms with van der Waals surface area (Å²) in [6, 6.07) is 11.5. The van der Waals surface area contributed by atoms with E-state index in [4.69, 9.17) is 24.3 Å². The standard InChI is InChI=1S/C26H26N4O4S/c1-5-12-34-24-17(8-7-9-20(24)32-4)18-14-22(31)28-25-23(18)15(3)29-30(25)26-27-19-11-10-16(33-6-2)13-21(19)35-26/h5,7-11,13,18H,1,6,12,14H2,2-4H3,(H,28,31)/t18-/m0/s1. The highest BCUT2D eigenvalue weighted by Gasteiger charge is 2.35. The molecule has 180 valence electrons. The number of nitrogens with zero attached hydrogens (tertiary/aromatic N) is 3. The molecule has 5 rings (SSSR count). The smallest absolute Gasteiger partial charge is 0.226 e. The number of aryl methyl sites for hydroxylation is 1. The first-order chi connectivity index (χ1) is 17.0. The van der Waals surface area contributed by atoms with Crippen LogP contribution in [0, 0.1) is 6.92 Å². The summed E-state index contributed by atoms with van der Waals surface area (Å²) in [5.41, 5.74) is 3.48. The van der Waals surface area contributed by atoms with E-state index in [2.05, 4.69) is 11.9 Å². The van der Waals surface area contributed by atoms with Gasteiger partial charge < -0.3 is 19.5 Å². The summed E-state index contributed by atoms with van der Waals surface area (Å²) in [6.45, 7) is 8.58. The Morgan fingerprint density at radius 1 is 1.29 bits per heavy atom. The van der Waals surface area contributed by atoms with Crippen LogP contribution in [-0.4, -0.2) is 41.0 Å². The number of hydrogen-bond acceptors (Lipinski definition) is 7. The molecule has 0 fully saturated rings. The van der Waals surface area contributed by atoms with Crippen LogP contribution in [-0.2, 0) is 4.79 Å². The number of carbonyl (C=O) groups excluding carboxylic acids is 1. The van der Waals surface area contributed by atoms with Crippen LogP contribution in [0.3, 0.4) is 0 Å². The third-order valence-electron chi connectivity index (χ3n) is 5.89. The van der Waals surface area contributed by atoms with Gasteiger partial charge in [0.25, 0.3) is 0 Å². The van der Waals surface area contributed by atoms with Gasteiger partial charge in [0.2, 0.25) is 11.0 Å². The van der Waals surface area contributed by atoms with Crippen LogP contribution < -0.4 is 19.5 Å². The molecule has 1 N–H and O–H groups in total. The van der Waals surface area contributed by atoms with E-state index < -0.39 is 0 Å². The Bertz CT molecular complexity index is 1420. The molecule has 0 unspecified atom stereocenters. The third-order valence-corrected chi connectivity index (χ3v) is 6.89. The highest BCUT2D eigenvalue weighted by atomic mass is 32.1. The van der Waals surface area contributed by atoms with Gasteiger partial charge >= 0.3 is 0 Å². The summed E-state index contributed by atoms with van der Waals surface area (Å²) in [7, 11) is 1.60. The van der Waals surface area contributed by atoms with Crippen molar-refractivity contribution in [1.29, 1.82) is 0 Å². The van der Waals surface area contributed by atoms with Crippen molar-refractivity contribution in [1.82, 2.24) is 14.8 Å². The topological polar surface area (TPSA) is 87.5 Å². The second-order valence-corrected chi connectivity index (χ2v) is 9.11. The molecule has 2 aromatic carbocycles. The Hall–Kier alpha value is -3.85. The number of thiazole rings is 1. The number of carbonyl (C=O) groups is 1. The van der Waals surface area contributed by atoms with Crippen molar-refractivity contribution in [3.05, 3.63) is 65.9 Å². The molecule has 1 aliphatic rings. The normalized spacial score (nSPS) is 14.9. The fraction of sp³-hybridized carbons (Fsp3) is 0.269. The van der Waals surface area contributed by atoms with Crippen molar-refractivity contribution < 1.29 is 19.0 Å². The number of ether oxygens (including phenoxy) is 3. The molecule has 8 nitrogen and oxygen atoms in total. The SMILES string of the molecule is C=CCOc1c(OC)cccc1[C@@H]1CC(=O)Nc2c1c(C)nn2-c1nc2ccc(OCC)cc2s1. The van der Waals surface area contributed by atoms with Gasteiger partial charge in [-0.2, -0.15) is 9.78 Å². The molecule has 4 aromatic rings. The zero-order valence-corrected chi connectivity index (χ0v) is 20.6. The molecule has 9 heteroatoms. The quantitative estimate of drug-likeness (QED) is 0.340. The number of anilines is 1. The van der Waals surface area contributed by atoms with E-state index in [9.17, 15) is 4.79 Å². The minimum Gasteiger partial charge on any atom is -0.494 e. The highest BCUT2D eigenvalue weighted by molar-refractivity contribution is 7.20. The first kappa shape index (κ1) is 22.9. The second-order valence-electron chi connectivity index (χ2n) is 8.10. The van der Waals surface area contributed by atoms with Crippen LogP contribution in [0.5, 0.6) is 17.2 Å². The van der Waals surface area contributed by atoms with Crippen LogP contribution >= 0.6 is 11.3 Å². The predicted molar refractivity (Wildman–Crippen MR) is 136 cm³/mol. The zero-order valence-electron chi connectivity index (χ0n) is 19.8. The first-order valence-electron chi connectivity index (χ1n) is 11.4. The number of aromatic nitrogens is 3. The molecular weight excluding hydrogens is 464 g/mol. The molecular formula is C26H26N4O4S. The lowest BCUT2D eigenvalue weighted by molar-refractivity contribution is -0.116. The number of fused-ring (bicyclic) bond motifs is 2. The highest BCUT2D eigenvalue weighted by Crippen LogP contribution is 2.46. The van der Waals surface area contributed by atoms with Gasteiger partial charge in [-0.15, -0.1) is 0 Å². The summed E-state index contributed by atoms with van der Waals surface area (Å²) in [5.74, 6) is 2.30. The number of methoxy groups -OCH3 is 1. The van der Waals surface area contributed by atoms with Crippen LogP contribution in [0.15, 0.2) is 49.1 Å². The third kappa shape index (κ3) is 4.12. The maximum Gasteiger partial charge on any atom is 0.226 e. The van der Waals surface area contributed by atoms with Crippen molar-refractivity contribution in [3.8, 4) is 22.4 Å². The fourth-order valence-electron chi connectivity index (χ4n) is 4.46. The van der Waals surface area contributed by atoms with Crippen molar-refractivity contribution >= 4 is 33.3 Å². The van der Waals surface area contributed by atoms with Gasteiger partial charge in [-0.1, -0.05) is 36.1 Å². The van der Waals surface area contributed by atoms with Crippen molar-refractivity contribution in [2.24, 2.45) is 0 Å². The van der Waals surface area contributed by atoms with Crippen LogP contribution in [0.25, 0.3) is 15.3 Å². The summed E-state index contributed by atoms with van der Waals surface area (Å²) in [6.07, 6.45) is 1.96. The number of nitrogens with one attached hydrogen (secondary N) is 1. The molecule has 0 bridgehead atoms. The van der Waals surface area contributed by atoms with E-state index in [1.165, 1.54) is 11.3 Å². The van der Waals surface area contributed by atoms with E-state index >= 15 is 0 Å². The minimum atomic E-state index is -0.249. The Morgan fingerprint density at radius 2 is 2.14 bits per heavy atom. The van der Waals surface area contributed by atoms with E-state index in [0.29, 0.717) is 35.7 Å². The van der Waals surface area contributed by atoms with E-state index in [1.54, 1.807) is 17.9 Å². The number of benzene rings is 2. The van der Waals surface area contributed by atoms with Gasteiger partial charge in [-0.05, 0) is 38.1 Å². The predicted octanol–water partition coefficient (Wildman–Crippen LogP) is 5.24. The molecule has 0 radical (unpaired) electrons. The molecule has 0 spiro atoms. The second kappa shape index (κ2) is 9.42. The lowest BCUT2D eigenvalue weighted by atomic mass is 9.85. The Kier molecular flexibility index (Phi) is 6.17. The molecule has 1 amide bonds. The maximum atomic E-state index is 12.9. The van der Waals surface area contributed by atoms with Crippen molar-refractivity contribution in [3.63, 3.8) is 0 Å². The molecule has 0 saturated carbocycles. The van der Waals surface area contributed by atoms with Gasteiger partial charge in [0, 0.05) is 23.5 Å². The number of amides is 1. The average Bonchev–Trinajstić information content (AvgIpc) is 3.42. The lowest BCUT2D eigenvalue weighted by Gasteiger charge is -2.26. The van der Waals surface area contributed by atoms with E-state index in [-0.39, 0.29) is 18.2 Å². The largest absolute Gasteiger partial charge is 0.494 e. The van der Waals surface area contributed by atoms with Gasteiger partial charge in [0.05, 0.1) is 29.6 Å². The van der Waals surface area contributed by atoms with E-state index in [0.717, 1.165) is 32.8 Å². The molecule has 1 atom stereocenters. The minimum absolute atomic E-state index is 0.0964. The summed E-state index contributed by atoms with van der Waals surface area (Å²) in [5, 5.41) is 8.50. The van der Waals surface area contributed by atoms with Crippen LogP contribution in [0.2, 0.25) is 0 Å². The van der Waals surface area contributed by atoms with Gasteiger partial charge in [0.1, 0.15) is 18.2 Å². The van der Waals surface area contributed by atoms with Crippen LogP contribution in [0.1, 0.15) is 36.1 Å². The molecule has 0 saturated heterocycles. The molecule has 2 aromatic heterocycles. The summed E-state index contributed by atoms with van der Waals surface area (Å²) in [4.78, 5) is 17.7. The summed E-state index contributed by atoms with van der Waals surface area (Å²) < 4.78 is 19.9. The van der Waals surface area contributed by atoms with Crippen LogP contribution in [0.4, 0.5) is 5.82 Å². The maximum absolute atomic E-state index is 12.9. The molecule has 1 aliphatic heterocycles. The molecule has 3 heterocycles. The lowest BCUT2D eigenvalue weighted by Crippen LogP contribution is -2.25. The van der Waals surface area contributed by atoms with E-state index in [1.807, 2.05) is 50.2 Å². The molecule has 0 aliphatic carbocycles. The van der Waals surface area contributed by atoms with Gasteiger partial charge in [0.15, 0.2) is 11.5 Å². The number of rotatable bonds is 8. The van der Waals surface area contributed by atoms with Gasteiger partial charge in [-0.3, -0.25) is 4.79 Å². The Labute approximate surface area is 207 Å². The Balaban J connectivity index is 1.62. The Morgan fingerprint density at radius 3 is 2.91 bits per heavy atom.